The lowest BCUT2D eigenvalue weighted by Crippen LogP contribution is -1.95. The molecule has 240 valence electrons. The van der Waals surface area contributed by atoms with Gasteiger partial charge in [-0.3, -0.25) is 0 Å². The van der Waals surface area contributed by atoms with E-state index in [1.165, 1.54) is 109 Å². The fraction of sp³-hybridized carbons (Fsp3) is 0. The smallest absolute Gasteiger partial charge is 0.000740 e. The summed E-state index contributed by atoms with van der Waals surface area (Å²) in [5, 5.41) is 15.7. The summed E-state index contributed by atoms with van der Waals surface area (Å²) < 4.78 is 0. The maximum atomic E-state index is 2.42. The summed E-state index contributed by atoms with van der Waals surface area (Å²) in [6.45, 7) is 0. The van der Waals surface area contributed by atoms with Gasteiger partial charge in [-0.2, -0.15) is 0 Å². The molecule has 0 heteroatoms. The van der Waals surface area contributed by atoms with E-state index in [9.17, 15) is 0 Å². The van der Waals surface area contributed by atoms with Gasteiger partial charge >= 0.3 is 0 Å². The Bertz CT molecular complexity index is 3140. The highest BCUT2D eigenvalue weighted by atomic mass is 14.3. The first kappa shape index (κ1) is 29.0. The molecule has 0 heterocycles. The van der Waals surface area contributed by atoms with Crippen LogP contribution in [-0.2, 0) is 0 Å². The second-order valence-electron chi connectivity index (χ2n) is 13.9. The highest BCUT2D eigenvalue weighted by Gasteiger charge is 2.24. The Hall–Kier alpha value is -6.76. The van der Waals surface area contributed by atoms with Gasteiger partial charge in [0.2, 0.25) is 0 Å². The Kier molecular flexibility index (Phi) is 6.35. The molecule has 52 heavy (non-hydrogen) atoms. The molecule has 0 amide bonds. The van der Waals surface area contributed by atoms with E-state index in [1.54, 1.807) is 0 Å². The second kappa shape index (κ2) is 11.4. The zero-order valence-electron chi connectivity index (χ0n) is 28.5. The van der Waals surface area contributed by atoms with Crippen molar-refractivity contribution in [2.45, 2.75) is 0 Å². The summed E-state index contributed by atoms with van der Waals surface area (Å²) in [6, 6.07) is 71.7. The van der Waals surface area contributed by atoms with Gasteiger partial charge in [0.1, 0.15) is 0 Å². The summed E-state index contributed by atoms with van der Waals surface area (Å²) in [6.07, 6.45) is 0. The van der Waals surface area contributed by atoms with Crippen molar-refractivity contribution < 1.29 is 0 Å². The first-order valence-corrected chi connectivity index (χ1v) is 18.1. The van der Waals surface area contributed by atoms with Gasteiger partial charge in [0.25, 0.3) is 0 Å². The van der Waals surface area contributed by atoms with Crippen molar-refractivity contribution in [3.63, 3.8) is 0 Å². The quantitative estimate of drug-likeness (QED) is 0.131. The van der Waals surface area contributed by atoms with Crippen molar-refractivity contribution in [1.29, 1.82) is 0 Å². The number of rotatable bonds is 4. The summed E-state index contributed by atoms with van der Waals surface area (Å²) >= 11 is 0. The Morgan fingerprint density at radius 1 is 0.192 bits per heavy atom. The lowest BCUT2D eigenvalue weighted by atomic mass is 9.79. The molecular weight excluding hydrogens is 625 g/mol. The normalized spacial score (nSPS) is 11.8. The van der Waals surface area contributed by atoms with Crippen LogP contribution < -0.4 is 0 Å². The molecule has 0 unspecified atom stereocenters. The molecule has 11 aromatic carbocycles. The molecule has 0 aliphatic carbocycles. The topological polar surface area (TPSA) is 0 Å². The standard InChI is InChI=1S/C52H32/c1-4-16-33(17-5-1)36-30-31-37(34-18-6-2-7-19-34)46(32-36)48-39-23-11-13-25-43(39)52-50-41(27-15-29-45(48)50)40-26-14-28-44-47(35-20-8-3-9-21-35)38-22-10-12-24-42(38)51(52)49(40)44/h1-32H. The third kappa shape index (κ3) is 4.16. The van der Waals surface area contributed by atoms with Crippen molar-refractivity contribution in [2.75, 3.05) is 0 Å². The van der Waals surface area contributed by atoms with Crippen LogP contribution in [0.15, 0.2) is 194 Å². The molecular formula is C52H32. The van der Waals surface area contributed by atoms with Gasteiger partial charge in [-0.05, 0) is 115 Å². The highest BCUT2D eigenvalue weighted by Crippen LogP contribution is 2.52. The van der Waals surface area contributed by atoms with Crippen LogP contribution in [-0.4, -0.2) is 0 Å². The Balaban J connectivity index is 1.37. The molecule has 0 saturated carbocycles. The minimum Gasteiger partial charge on any atom is -0.0622 e. The molecule has 0 N–H and O–H groups in total. The maximum Gasteiger partial charge on any atom is -0.000740 e. The maximum absolute atomic E-state index is 2.42. The number of benzene rings is 11. The third-order valence-corrected chi connectivity index (χ3v) is 11.2. The van der Waals surface area contributed by atoms with Gasteiger partial charge in [-0.15, -0.1) is 0 Å². The zero-order chi connectivity index (χ0) is 34.2. The van der Waals surface area contributed by atoms with Crippen molar-refractivity contribution in [3.05, 3.63) is 194 Å². The van der Waals surface area contributed by atoms with Crippen LogP contribution in [0.2, 0.25) is 0 Å². The molecule has 0 aliphatic rings. The van der Waals surface area contributed by atoms with E-state index in [0.717, 1.165) is 0 Å². The van der Waals surface area contributed by atoms with Crippen molar-refractivity contribution in [1.82, 2.24) is 0 Å². The molecule has 0 fully saturated rings. The van der Waals surface area contributed by atoms with Crippen LogP contribution in [0.25, 0.3) is 109 Å². The zero-order valence-corrected chi connectivity index (χ0v) is 28.5. The first-order chi connectivity index (χ1) is 25.8. The molecule has 0 saturated heterocycles. The Labute approximate surface area is 302 Å². The van der Waals surface area contributed by atoms with E-state index in [2.05, 4.69) is 194 Å². The van der Waals surface area contributed by atoms with E-state index in [0.29, 0.717) is 0 Å². The summed E-state index contributed by atoms with van der Waals surface area (Å²) in [5.74, 6) is 0. The average molecular weight is 657 g/mol. The largest absolute Gasteiger partial charge is 0.0622 e. The Morgan fingerprint density at radius 2 is 0.596 bits per heavy atom. The van der Waals surface area contributed by atoms with Crippen LogP contribution in [0.3, 0.4) is 0 Å². The SMILES string of the molecule is c1ccc(-c2ccc(-c3ccccc3)c(-c3c4ccccc4c4c5c3cccc5c3cccc5c(-c6ccccc6)c6ccccc6c4c53)c2)cc1. The number of hydrogen-bond acceptors (Lipinski definition) is 0. The lowest BCUT2D eigenvalue weighted by molar-refractivity contribution is 1.58. The molecule has 0 radical (unpaired) electrons. The first-order valence-electron chi connectivity index (χ1n) is 18.1. The number of fused-ring (bicyclic) bond motifs is 6. The van der Waals surface area contributed by atoms with Gasteiger partial charge < -0.3 is 0 Å². The molecule has 11 aromatic rings. The van der Waals surface area contributed by atoms with E-state index in [4.69, 9.17) is 0 Å². The minimum absolute atomic E-state index is 1.22. The van der Waals surface area contributed by atoms with E-state index in [-0.39, 0.29) is 0 Å². The minimum atomic E-state index is 1.22. The predicted octanol–water partition coefficient (Wildman–Crippen LogP) is 14.7. The molecule has 0 bridgehead atoms. The molecule has 11 rings (SSSR count). The van der Waals surface area contributed by atoms with Crippen molar-refractivity contribution in [3.8, 4) is 44.5 Å². The summed E-state index contributed by atoms with van der Waals surface area (Å²) in [7, 11) is 0. The van der Waals surface area contributed by atoms with E-state index in [1.807, 2.05) is 0 Å². The fourth-order valence-electron chi connectivity index (χ4n) is 9.06. The predicted molar refractivity (Wildman–Crippen MR) is 224 cm³/mol. The van der Waals surface area contributed by atoms with Crippen molar-refractivity contribution >= 4 is 64.6 Å². The van der Waals surface area contributed by atoms with Crippen LogP contribution >= 0.6 is 0 Å². The third-order valence-electron chi connectivity index (χ3n) is 11.2. The Morgan fingerprint density at radius 3 is 1.17 bits per heavy atom. The summed E-state index contributed by atoms with van der Waals surface area (Å²) in [5.41, 5.74) is 9.98. The second-order valence-corrected chi connectivity index (χ2v) is 13.9. The molecule has 0 spiro atoms. The molecule has 0 atom stereocenters. The fourth-order valence-corrected chi connectivity index (χ4v) is 9.06. The van der Waals surface area contributed by atoms with Gasteiger partial charge in [0.05, 0.1) is 0 Å². The van der Waals surface area contributed by atoms with Crippen LogP contribution in [0.1, 0.15) is 0 Å². The molecule has 0 aliphatic heterocycles. The van der Waals surface area contributed by atoms with E-state index >= 15 is 0 Å². The van der Waals surface area contributed by atoms with Crippen LogP contribution in [0.5, 0.6) is 0 Å². The number of hydrogen-bond donors (Lipinski definition) is 0. The van der Waals surface area contributed by atoms with Gasteiger partial charge in [-0.1, -0.05) is 188 Å². The van der Waals surface area contributed by atoms with Gasteiger partial charge in [0, 0.05) is 0 Å². The van der Waals surface area contributed by atoms with Crippen LogP contribution in [0, 0.1) is 0 Å². The van der Waals surface area contributed by atoms with E-state index < -0.39 is 0 Å². The highest BCUT2D eigenvalue weighted by molar-refractivity contribution is 6.45. The lowest BCUT2D eigenvalue weighted by Gasteiger charge is -2.23. The van der Waals surface area contributed by atoms with Crippen LogP contribution in [0.4, 0.5) is 0 Å². The summed E-state index contributed by atoms with van der Waals surface area (Å²) in [4.78, 5) is 0. The van der Waals surface area contributed by atoms with Gasteiger partial charge in [0.15, 0.2) is 0 Å². The molecule has 0 aromatic heterocycles. The average Bonchev–Trinajstić information content (AvgIpc) is 3.22. The van der Waals surface area contributed by atoms with Crippen molar-refractivity contribution in [2.24, 2.45) is 0 Å². The molecule has 0 nitrogen and oxygen atoms in total. The monoisotopic (exact) mass is 656 g/mol. The van der Waals surface area contributed by atoms with Gasteiger partial charge in [-0.25, -0.2) is 0 Å².